The number of benzene rings is 2. The molecule has 0 fully saturated rings. The predicted molar refractivity (Wildman–Crippen MR) is 109 cm³/mol. The Morgan fingerprint density at radius 2 is 1.83 bits per heavy atom. The summed E-state index contributed by atoms with van der Waals surface area (Å²) >= 11 is 6.09. The maximum absolute atomic E-state index is 13.0. The normalized spacial score (nSPS) is 12.2. The predicted octanol–water partition coefficient (Wildman–Crippen LogP) is 4.17. The third-order valence-corrected chi connectivity index (χ3v) is 5.79. The van der Waals surface area contributed by atoms with Gasteiger partial charge in [0.05, 0.1) is 27.3 Å². The van der Waals surface area contributed by atoms with Gasteiger partial charge < -0.3 is 5.32 Å². The number of halogens is 2. The van der Waals surface area contributed by atoms with Gasteiger partial charge >= 0.3 is 0 Å². The van der Waals surface area contributed by atoms with Gasteiger partial charge in [-0.25, -0.2) is 12.8 Å². The van der Waals surface area contributed by atoms with E-state index in [1.165, 1.54) is 18.2 Å². The van der Waals surface area contributed by atoms with Crippen molar-refractivity contribution in [2.24, 2.45) is 0 Å². The number of hydrogen-bond acceptors (Lipinski definition) is 4. The van der Waals surface area contributed by atoms with Gasteiger partial charge in [0.2, 0.25) is 0 Å². The number of amides is 1. The molecule has 0 aliphatic carbocycles. The standard InChI is InChI=1S/C20H17ClFN3O3S/c1-13(18-4-2-3-11-23-18)24-20(26)14-5-10-17(21)19(12-14)25-29(27,28)16-8-6-15(22)7-9-16/h2-13,25H,1H3,(H,24,26)/t13-/m0/s1. The van der Waals surface area contributed by atoms with Crippen molar-refractivity contribution >= 4 is 33.2 Å². The van der Waals surface area contributed by atoms with Crippen LogP contribution < -0.4 is 10.0 Å². The summed E-state index contributed by atoms with van der Waals surface area (Å²) in [7, 11) is -4.00. The fourth-order valence-corrected chi connectivity index (χ4v) is 3.84. The van der Waals surface area contributed by atoms with Crippen LogP contribution in [0, 0.1) is 5.82 Å². The highest BCUT2D eigenvalue weighted by Gasteiger charge is 2.18. The van der Waals surface area contributed by atoms with Crippen molar-refractivity contribution in [3.8, 4) is 0 Å². The first-order valence-electron chi connectivity index (χ1n) is 8.56. The zero-order valence-electron chi connectivity index (χ0n) is 15.3. The zero-order chi connectivity index (χ0) is 21.0. The molecule has 0 saturated carbocycles. The number of aromatic nitrogens is 1. The van der Waals surface area contributed by atoms with Crippen molar-refractivity contribution in [2.45, 2.75) is 17.9 Å². The summed E-state index contributed by atoms with van der Waals surface area (Å²) in [6.07, 6.45) is 1.63. The van der Waals surface area contributed by atoms with Gasteiger partial charge in [0, 0.05) is 11.8 Å². The second-order valence-corrected chi connectivity index (χ2v) is 8.29. The van der Waals surface area contributed by atoms with E-state index in [1.54, 1.807) is 25.3 Å². The van der Waals surface area contributed by atoms with Gasteiger partial charge in [-0.1, -0.05) is 17.7 Å². The summed E-state index contributed by atoms with van der Waals surface area (Å²) in [5.74, 6) is -0.968. The molecule has 2 N–H and O–H groups in total. The number of carbonyl (C=O) groups excluding carboxylic acids is 1. The van der Waals surface area contributed by atoms with Gasteiger partial charge in [-0.3, -0.25) is 14.5 Å². The van der Waals surface area contributed by atoms with E-state index in [1.807, 2.05) is 6.07 Å². The Bertz CT molecular complexity index is 1120. The first kappa shape index (κ1) is 20.8. The summed E-state index contributed by atoms with van der Waals surface area (Å²) in [4.78, 5) is 16.6. The van der Waals surface area contributed by atoms with E-state index in [0.717, 1.165) is 24.3 Å². The molecule has 1 amide bonds. The smallest absolute Gasteiger partial charge is 0.261 e. The molecule has 2 aromatic carbocycles. The summed E-state index contributed by atoms with van der Waals surface area (Å²) in [6, 6.07) is 13.6. The summed E-state index contributed by atoms with van der Waals surface area (Å²) in [6.45, 7) is 1.79. The van der Waals surface area contributed by atoms with Gasteiger partial charge in [0.1, 0.15) is 5.82 Å². The van der Waals surface area contributed by atoms with Gasteiger partial charge in [0.15, 0.2) is 0 Å². The minimum absolute atomic E-state index is 0.0362. The van der Waals surface area contributed by atoms with E-state index in [4.69, 9.17) is 11.6 Å². The molecule has 1 aromatic heterocycles. The number of nitrogens with one attached hydrogen (secondary N) is 2. The van der Waals surface area contributed by atoms with E-state index in [-0.39, 0.29) is 27.2 Å². The van der Waals surface area contributed by atoms with E-state index in [0.29, 0.717) is 5.69 Å². The van der Waals surface area contributed by atoms with Crippen molar-refractivity contribution < 1.29 is 17.6 Å². The molecule has 0 aliphatic heterocycles. The number of nitrogens with zero attached hydrogens (tertiary/aromatic N) is 1. The van der Waals surface area contributed by atoms with Crippen LogP contribution in [0.15, 0.2) is 71.8 Å². The van der Waals surface area contributed by atoms with Gasteiger partial charge in [0.25, 0.3) is 15.9 Å². The lowest BCUT2D eigenvalue weighted by Gasteiger charge is -2.15. The average Bonchev–Trinajstić information content (AvgIpc) is 2.70. The van der Waals surface area contributed by atoms with Gasteiger partial charge in [-0.15, -0.1) is 0 Å². The molecule has 0 radical (unpaired) electrons. The molecule has 9 heteroatoms. The summed E-state index contributed by atoms with van der Waals surface area (Å²) in [5.41, 5.74) is 0.940. The SMILES string of the molecule is C[C@H](NC(=O)c1ccc(Cl)c(NS(=O)(=O)c2ccc(F)cc2)c1)c1ccccn1. The molecule has 0 unspecified atom stereocenters. The van der Waals surface area contributed by atoms with Crippen LogP contribution in [0.1, 0.15) is 29.0 Å². The Kier molecular flexibility index (Phi) is 6.14. The van der Waals surface area contributed by atoms with Crippen LogP contribution in [0.25, 0.3) is 0 Å². The molecular formula is C20H17ClFN3O3S. The lowest BCUT2D eigenvalue weighted by molar-refractivity contribution is 0.0939. The zero-order valence-corrected chi connectivity index (χ0v) is 16.8. The molecule has 1 atom stereocenters. The maximum atomic E-state index is 13.0. The molecule has 0 bridgehead atoms. The van der Waals surface area contributed by atoms with Crippen LogP contribution in [0.3, 0.4) is 0 Å². The van der Waals surface area contributed by atoms with E-state index < -0.39 is 21.7 Å². The molecule has 0 aliphatic rings. The van der Waals surface area contributed by atoms with Crippen LogP contribution in [0.5, 0.6) is 0 Å². The Morgan fingerprint density at radius 1 is 1.10 bits per heavy atom. The maximum Gasteiger partial charge on any atom is 0.261 e. The molecular weight excluding hydrogens is 417 g/mol. The number of rotatable bonds is 6. The first-order chi connectivity index (χ1) is 13.8. The monoisotopic (exact) mass is 433 g/mol. The van der Waals surface area contributed by atoms with E-state index >= 15 is 0 Å². The Balaban J connectivity index is 1.80. The van der Waals surface area contributed by atoms with Crippen molar-refractivity contribution in [3.05, 3.63) is 89.0 Å². The number of hydrogen-bond donors (Lipinski definition) is 2. The van der Waals surface area contributed by atoms with E-state index in [9.17, 15) is 17.6 Å². The molecule has 0 saturated heterocycles. The number of anilines is 1. The lowest BCUT2D eigenvalue weighted by Crippen LogP contribution is -2.27. The minimum atomic E-state index is -4.00. The molecule has 29 heavy (non-hydrogen) atoms. The number of carbonyl (C=O) groups is 1. The fourth-order valence-electron chi connectivity index (χ4n) is 2.55. The second kappa shape index (κ2) is 8.59. The third-order valence-electron chi connectivity index (χ3n) is 4.08. The Morgan fingerprint density at radius 3 is 2.48 bits per heavy atom. The minimum Gasteiger partial charge on any atom is -0.344 e. The van der Waals surface area contributed by atoms with Crippen LogP contribution in [0.4, 0.5) is 10.1 Å². The van der Waals surface area contributed by atoms with Crippen molar-refractivity contribution in [3.63, 3.8) is 0 Å². The highest BCUT2D eigenvalue weighted by atomic mass is 35.5. The fraction of sp³-hybridized carbons (Fsp3) is 0.100. The quantitative estimate of drug-likeness (QED) is 0.610. The highest BCUT2D eigenvalue weighted by Crippen LogP contribution is 2.26. The Labute approximate surface area is 172 Å². The molecule has 1 heterocycles. The summed E-state index contributed by atoms with van der Waals surface area (Å²) < 4.78 is 40.4. The van der Waals surface area contributed by atoms with Crippen LogP contribution in [-0.4, -0.2) is 19.3 Å². The van der Waals surface area contributed by atoms with Gasteiger partial charge in [-0.05, 0) is 61.5 Å². The molecule has 150 valence electrons. The van der Waals surface area contributed by atoms with Crippen molar-refractivity contribution in [1.82, 2.24) is 10.3 Å². The van der Waals surface area contributed by atoms with Crippen LogP contribution >= 0.6 is 11.6 Å². The van der Waals surface area contributed by atoms with Crippen LogP contribution in [-0.2, 0) is 10.0 Å². The topological polar surface area (TPSA) is 88.2 Å². The lowest BCUT2D eigenvalue weighted by atomic mass is 10.1. The third kappa shape index (κ3) is 5.10. The molecule has 6 nitrogen and oxygen atoms in total. The van der Waals surface area contributed by atoms with Gasteiger partial charge in [-0.2, -0.15) is 0 Å². The molecule has 3 rings (SSSR count). The summed E-state index contributed by atoms with van der Waals surface area (Å²) in [5, 5.41) is 2.91. The second-order valence-electron chi connectivity index (χ2n) is 6.20. The van der Waals surface area contributed by atoms with Crippen molar-refractivity contribution in [1.29, 1.82) is 0 Å². The molecule has 3 aromatic rings. The highest BCUT2D eigenvalue weighted by molar-refractivity contribution is 7.92. The average molecular weight is 434 g/mol. The largest absolute Gasteiger partial charge is 0.344 e. The van der Waals surface area contributed by atoms with Crippen molar-refractivity contribution in [2.75, 3.05) is 4.72 Å². The molecule has 0 spiro atoms. The number of pyridine rings is 1. The Hall–Kier alpha value is -2.97. The number of sulfonamides is 1. The van der Waals surface area contributed by atoms with E-state index in [2.05, 4.69) is 15.0 Å². The first-order valence-corrected chi connectivity index (χ1v) is 10.4. The van der Waals surface area contributed by atoms with Crippen LogP contribution in [0.2, 0.25) is 5.02 Å².